The summed E-state index contributed by atoms with van der Waals surface area (Å²) in [5, 5.41) is 2.86. The Kier molecular flexibility index (Phi) is 9.70. The second-order valence-electron chi connectivity index (χ2n) is 8.51. The van der Waals surface area contributed by atoms with Gasteiger partial charge in [-0.2, -0.15) is 8.42 Å². The highest BCUT2D eigenvalue weighted by atomic mass is 79.9. The average molecular weight is 700 g/mol. The van der Waals surface area contributed by atoms with Crippen LogP contribution >= 0.6 is 50.9 Å². The zero-order valence-electron chi connectivity index (χ0n) is 21.4. The number of thioether (sulfide) groups is 1. The van der Waals surface area contributed by atoms with Crippen LogP contribution in [0.3, 0.4) is 0 Å². The van der Waals surface area contributed by atoms with Gasteiger partial charge in [-0.25, -0.2) is 0 Å². The van der Waals surface area contributed by atoms with E-state index in [9.17, 15) is 22.8 Å². The van der Waals surface area contributed by atoms with E-state index in [4.69, 9.17) is 32.1 Å². The van der Waals surface area contributed by atoms with E-state index in [1.807, 2.05) is 0 Å². The number of carbonyl (C=O) groups excluding carboxylic acids is 3. The van der Waals surface area contributed by atoms with Crippen molar-refractivity contribution in [1.29, 1.82) is 0 Å². The van der Waals surface area contributed by atoms with Gasteiger partial charge in [0.1, 0.15) is 4.90 Å². The Morgan fingerprint density at radius 3 is 2.44 bits per heavy atom. The minimum absolute atomic E-state index is 0.0255. The van der Waals surface area contributed by atoms with Crippen molar-refractivity contribution in [3.05, 3.63) is 85.1 Å². The quantitative estimate of drug-likeness (QED) is 0.185. The van der Waals surface area contributed by atoms with Gasteiger partial charge in [0.2, 0.25) is 5.91 Å². The number of anilines is 1. The molecule has 0 atom stereocenters. The molecule has 1 aliphatic heterocycles. The number of hydrogen-bond donors (Lipinski definition) is 1. The van der Waals surface area contributed by atoms with Gasteiger partial charge in [-0.1, -0.05) is 29.3 Å². The van der Waals surface area contributed by atoms with Crippen LogP contribution in [0, 0.1) is 0 Å². The van der Waals surface area contributed by atoms with E-state index < -0.39 is 21.3 Å². The highest BCUT2D eigenvalue weighted by molar-refractivity contribution is 9.10. The number of benzene rings is 3. The number of hydrogen-bond acceptors (Lipinski definition) is 8. The Labute approximate surface area is 259 Å². The molecule has 9 nitrogen and oxygen atoms in total. The largest absolute Gasteiger partial charge is 0.490 e. The number of rotatable bonds is 9. The molecule has 0 aromatic heterocycles. The third-order valence-corrected chi connectivity index (χ3v) is 8.82. The maximum absolute atomic E-state index is 13.1. The van der Waals surface area contributed by atoms with E-state index >= 15 is 0 Å². The third kappa shape index (κ3) is 7.44. The molecule has 14 heteroatoms. The molecule has 214 valence electrons. The summed E-state index contributed by atoms with van der Waals surface area (Å²) >= 11 is 16.3. The van der Waals surface area contributed by atoms with Crippen LogP contribution in [0.2, 0.25) is 10.0 Å². The summed E-state index contributed by atoms with van der Waals surface area (Å²) in [4.78, 5) is 38.0. The molecule has 4 rings (SSSR count). The molecule has 41 heavy (non-hydrogen) atoms. The highest BCUT2D eigenvalue weighted by Crippen LogP contribution is 2.41. The average Bonchev–Trinajstić information content (AvgIpc) is 3.15. The van der Waals surface area contributed by atoms with Crippen molar-refractivity contribution in [1.82, 2.24) is 4.90 Å². The topological polar surface area (TPSA) is 119 Å². The molecule has 0 spiro atoms. The Bertz CT molecular complexity index is 1680. The first-order chi connectivity index (χ1) is 19.4. The van der Waals surface area contributed by atoms with Crippen LogP contribution in [0.25, 0.3) is 6.08 Å². The Morgan fingerprint density at radius 1 is 1.10 bits per heavy atom. The van der Waals surface area contributed by atoms with Crippen LogP contribution < -0.4 is 14.2 Å². The molecule has 3 aromatic carbocycles. The van der Waals surface area contributed by atoms with Crippen LogP contribution in [0.1, 0.15) is 25.0 Å². The van der Waals surface area contributed by atoms with Crippen LogP contribution in [-0.4, -0.2) is 37.0 Å². The molecule has 1 N–H and O–H groups in total. The van der Waals surface area contributed by atoms with Gasteiger partial charge in [0, 0.05) is 22.7 Å². The number of imide groups is 1. The lowest BCUT2D eigenvalue weighted by molar-refractivity contribution is -0.123. The highest BCUT2D eigenvalue weighted by Gasteiger charge is 2.35. The van der Waals surface area contributed by atoms with Gasteiger partial charge in [0.25, 0.3) is 11.1 Å². The lowest BCUT2D eigenvalue weighted by Crippen LogP contribution is -2.27. The molecular formula is C27H21BrCl2N2O7S2. The molecule has 0 aliphatic carbocycles. The van der Waals surface area contributed by atoms with E-state index in [0.29, 0.717) is 26.9 Å². The van der Waals surface area contributed by atoms with E-state index in [2.05, 4.69) is 21.2 Å². The number of carbonyl (C=O) groups is 3. The summed E-state index contributed by atoms with van der Waals surface area (Å²) in [5.74, 6) is -0.803. The maximum atomic E-state index is 13.1. The minimum Gasteiger partial charge on any atom is -0.490 e. The Hall–Kier alpha value is -3.03. The SMILES string of the molecule is CCOc1cc(/C=C2\SC(=O)N(Cc3ccc(Cl)cc3Cl)C2=O)cc(Br)c1OS(=O)(=O)c1ccc(NC(C)=O)cc1. The van der Waals surface area contributed by atoms with Crippen LogP contribution in [-0.2, 0) is 26.3 Å². The molecule has 3 aromatic rings. The molecule has 1 fully saturated rings. The summed E-state index contributed by atoms with van der Waals surface area (Å²) in [5.41, 5.74) is 1.45. The summed E-state index contributed by atoms with van der Waals surface area (Å²) < 4.78 is 37.3. The summed E-state index contributed by atoms with van der Waals surface area (Å²) in [7, 11) is -4.28. The van der Waals surface area contributed by atoms with E-state index in [0.717, 1.165) is 16.7 Å². The van der Waals surface area contributed by atoms with Gasteiger partial charge >= 0.3 is 10.1 Å². The second-order valence-corrected chi connectivity index (χ2v) is 12.7. The fourth-order valence-electron chi connectivity index (χ4n) is 3.69. The zero-order valence-corrected chi connectivity index (χ0v) is 26.2. The summed E-state index contributed by atoms with van der Waals surface area (Å²) in [6.07, 6.45) is 1.50. The molecule has 0 saturated carbocycles. The molecule has 1 saturated heterocycles. The molecule has 1 heterocycles. The first-order valence-electron chi connectivity index (χ1n) is 11.9. The van der Waals surface area contributed by atoms with Gasteiger partial charge in [-0.3, -0.25) is 19.3 Å². The van der Waals surface area contributed by atoms with E-state index in [1.54, 1.807) is 19.1 Å². The smallest absolute Gasteiger partial charge is 0.339 e. The fraction of sp³-hybridized carbons (Fsp3) is 0.148. The lowest BCUT2D eigenvalue weighted by Gasteiger charge is -2.15. The van der Waals surface area contributed by atoms with Gasteiger partial charge in [0.05, 0.1) is 22.5 Å². The summed E-state index contributed by atoms with van der Waals surface area (Å²) in [6.45, 7) is 3.22. The normalized spacial score (nSPS) is 14.5. The number of nitrogens with one attached hydrogen (secondary N) is 1. The maximum Gasteiger partial charge on any atom is 0.339 e. The van der Waals surface area contributed by atoms with E-state index in [-0.39, 0.29) is 44.8 Å². The molecule has 0 radical (unpaired) electrons. The van der Waals surface area contributed by atoms with Crippen LogP contribution in [0.15, 0.2) is 68.9 Å². The molecule has 3 amide bonds. The summed E-state index contributed by atoms with van der Waals surface area (Å²) in [6, 6.07) is 13.3. The van der Waals surface area contributed by atoms with Crippen LogP contribution in [0.4, 0.5) is 10.5 Å². The number of amides is 3. The molecule has 0 bridgehead atoms. The van der Waals surface area contributed by atoms with Gasteiger partial charge < -0.3 is 14.2 Å². The van der Waals surface area contributed by atoms with Gasteiger partial charge in [-0.05, 0) is 100 Å². The molecular weight excluding hydrogens is 679 g/mol. The predicted molar refractivity (Wildman–Crippen MR) is 162 cm³/mol. The van der Waals surface area contributed by atoms with Crippen molar-refractivity contribution in [3.8, 4) is 11.5 Å². The first-order valence-corrected chi connectivity index (χ1v) is 15.6. The van der Waals surface area contributed by atoms with Crippen molar-refractivity contribution < 1.29 is 31.7 Å². The zero-order chi connectivity index (χ0) is 29.9. The van der Waals surface area contributed by atoms with Crippen molar-refractivity contribution in [3.63, 3.8) is 0 Å². The first kappa shape index (κ1) is 30.9. The predicted octanol–water partition coefficient (Wildman–Crippen LogP) is 7.12. The van der Waals surface area contributed by atoms with Gasteiger partial charge in [0.15, 0.2) is 11.5 Å². The Balaban J connectivity index is 1.59. The Morgan fingerprint density at radius 2 is 1.80 bits per heavy atom. The molecule has 0 unspecified atom stereocenters. The van der Waals surface area contributed by atoms with Crippen molar-refractivity contribution in [2.75, 3.05) is 11.9 Å². The minimum atomic E-state index is -4.28. The van der Waals surface area contributed by atoms with Crippen LogP contribution in [0.5, 0.6) is 11.5 Å². The molecule has 1 aliphatic rings. The lowest BCUT2D eigenvalue weighted by atomic mass is 10.1. The monoisotopic (exact) mass is 698 g/mol. The van der Waals surface area contributed by atoms with E-state index in [1.165, 1.54) is 55.5 Å². The van der Waals surface area contributed by atoms with Crippen molar-refractivity contribution >= 4 is 89.8 Å². The van der Waals surface area contributed by atoms with Crippen molar-refractivity contribution in [2.45, 2.75) is 25.3 Å². The standard InChI is InChI=1S/C27H21BrCl2N2O7S2/c1-3-38-23-11-16(12-24-26(34)32(27(35)40-24)14-17-4-5-18(29)13-22(17)30)10-21(28)25(23)39-41(36,37)20-8-6-19(7-9-20)31-15(2)33/h4-13H,3,14H2,1-2H3,(H,31,33)/b24-12-. The van der Waals surface area contributed by atoms with Gasteiger partial charge in [-0.15, -0.1) is 0 Å². The third-order valence-electron chi connectivity index (χ3n) is 5.50. The number of halogens is 3. The second kappa shape index (κ2) is 12.9. The fourth-order valence-corrected chi connectivity index (χ4v) is 6.60. The van der Waals surface area contributed by atoms with Crippen molar-refractivity contribution in [2.24, 2.45) is 0 Å². The number of ether oxygens (including phenoxy) is 1. The number of nitrogens with zero attached hydrogens (tertiary/aromatic N) is 1.